The number of benzene rings is 8. The molecular weight excluding hydrogens is 518 g/mol. The summed E-state index contributed by atoms with van der Waals surface area (Å²) in [7, 11) is 0. The van der Waals surface area contributed by atoms with Gasteiger partial charge in [-0.05, 0) is 102 Å². The first-order valence-electron chi connectivity index (χ1n) is 14.9. The molecule has 0 saturated carbocycles. The van der Waals surface area contributed by atoms with Gasteiger partial charge in [0.1, 0.15) is 0 Å². The van der Waals surface area contributed by atoms with Gasteiger partial charge >= 0.3 is 0 Å². The summed E-state index contributed by atoms with van der Waals surface area (Å²) in [5.41, 5.74) is 11.5. The molecule has 0 atom stereocenters. The molecule has 0 saturated heterocycles. The fourth-order valence-electron chi connectivity index (χ4n) is 7.52. The Morgan fingerprint density at radius 1 is 0.326 bits per heavy atom. The summed E-state index contributed by atoms with van der Waals surface area (Å²) in [6.45, 7) is 0. The molecule has 0 amide bonds. The van der Waals surface area contributed by atoms with Crippen LogP contribution in [-0.4, -0.2) is 4.57 Å². The molecule has 1 heteroatoms. The van der Waals surface area contributed by atoms with Crippen molar-refractivity contribution in [2.24, 2.45) is 0 Å². The largest absolute Gasteiger partial charge is 0.309 e. The number of fused-ring (bicyclic) bond motifs is 8. The minimum Gasteiger partial charge on any atom is -0.309 e. The lowest BCUT2D eigenvalue weighted by Gasteiger charge is -2.12. The van der Waals surface area contributed by atoms with Crippen LogP contribution in [0.5, 0.6) is 0 Å². The van der Waals surface area contributed by atoms with E-state index < -0.39 is 0 Å². The summed E-state index contributed by atoms with van der Waals surface area (Å²) < 4.78 is 2.44. The lowest BCUT2D eigenvalue weighted by Crippen LogP contribution is -1.94. The predicted molar refractivity (Wildman–Crippen MR) is 183 cm³/mol. The van der Waals surface area contributed by atoms with E-state index in [2.05, 4.69) is 156 Å². The molecule has 0 bridgehead atoms. The normalized spacial score (nSPS) is 12.2. The van der Waals surface area contributed by atoms with Crippen molar-refractivity contribution >= 4 is 54.1 Å². The Hall–Kier alpha value is -5.66. The quantitative estimate of drug-likeness (QED) is 0.204. The highest BCUT2D eigenvalue weighted by molar-refractivity contribution is 6.19. The van der Waals surface area contributed by atoms with E-state index in [0.29, 0.717) is 0 Å². The Balaban J connectivity index is 1.19. The third-order valence-corrected chi connectivity index (χ3v) is 9.48. The molecule has 10 rings (SSSR count). The van der Waals surface area contributed by atoms with E-state index in [1.54, 1.807) is 0 Å². The molecule has 0 unspecified atom stereocenters. The Kier molecular flexibility index (Phi) is 4.51. The zero-order valence-electron chi connectivity index (χ0n) is 23.4. The molecule has 43 heavy (non-hydrogen) atoms. The molecule has 0 N–H and O–H groups in total. The summed E-state index contributed by atoms with van der Waals surface area (Å²) in [6, 6.07) is 56.1. The maximum atomic E-state index is 2.44. The van der Waals surface area contributed by atoms with Gasteiger partial charge in [0.2, 0.25) is 0 Å². The number of rotatable bonds is 2. The van der Waals surface area contributed by atoms with Gasteiger partial charge in [0, 0.05) is 16.5 Å². The van der Waals surface area contributed by atoms with Crippen LogP contribution < -0.4 is 0 Å². The van der Waals surface area contributed by atoms with E-state index in [1.165, 1.54) is 93.2 Å². The van der Waals surface area contributed by atoms with Gasteiger partial charge in [0.25, 0.3) is 0 Å². The van der Waals surface area contributed by atoms with E-state index >= 15 is 0 Å². The summed E-state index contributed by atoms with van der Waals surface area (Å²) >= 11 is 0. The molecule has 0 fully saturated rings. The van der Waals surface area contributed by atoms with Gasteiger partial charge < -0.3 is 4.57 Å². The van der Waals surface area contributed by atoms with Crippen molar-refractivity contribution in [2.75, 3.05) is 0 Å². The highest BCUT2D eigenvalue weighted by atomic mass is 15.0. The zero-order valence-corrected chi connectivity index (χ0v) is 23.4. The van der Waals surface area contributed by atoms with Crippen molar-refractivity contribution in [3.8, 4) is 39.1 Å². The Labute approximate surface area is 248 Å². The Bertz CT molecular complexity index is 2480. The van der Waals surface area contributed by atoms with Gasteiger partial charge in [-0.1, -0.05) is 115 Å². The van der Waals surface area contributed by atoms with Crippen LogP contribution in [0.25, 0.3) is 93.2 Å². The van der Waals surface area contributed by atoms with Crippen molar-refractivity contribution in [1.29, 1.82) is 0 Å². The van der Waals surface area contributed by atoms with E-state index in [4.69, 9.17) is 0 Å². The molecule has 198 valence electrons. The monoisotopic (exact) mass is 543 g/mol. The molecule has 1 heterocycles. The third kappa shape index (κ3) is 3.17. The van der Waals surface area contributed by atoms with Crippen LogP contribution in [0.2, 0.25) is 0 Å². The van der Waals surface area contributed by atoms with Crippen molar-refractivity contribution < 1.29 is 0 Å². The molecule has 1 nitrogen and oxygen atoms in total. The lowest BCUT2D eigenvalue weighted by molar-refractivity contribution is 1.18. The van der Waals surface area contributed by atoms with Crippen LogP contribution in [0, 0.1) is 0 Å². The van der Waals surface area contributed by atoms with Gasteiger partial charge in [-0.2, -0.15) is 0 Å². The molecule has 0 aliphatic heterocycles. The van der Waals surface area contributed by atoms with Gasteiger partial charge in [-0.3, -0.25) is 0 Å². The first kappa shape index (κ1) is 23.0. The minimum absolute atomic E-state index is 1.17. The van der Waals surface area contributed by atoms with E-state index in [-0.39, 0.29) is 0 Å². The van der Waals surface area contributed by atoms with E-state index in [1.807, 2.05) is 0 Å². The maximum absolute atomic E-state index is 2.44. The first-order valence-corrected chi connectivity index (χ1v) is 14.9. The van der Waals surface area contributed by atoms with Gasteiger partial charge in [-0.15, -0.1) is 0 Å². The summed E-state index contributed by atoms with van der Waals surface area (Å²) in [4.78, 5) is 0. The van der Waals surface area contributed by atoms with Gasteiger partial charge in [0.15, 0.2) is 0 Å². The Morgan fingerprint density at radius 2 is 0.814 bits per heavy atom. The average Bonchev–Trinajstić information content (AvgIpc) is 3.56. The van der Waals surface area contributed by atoms with Crippen molar-refractivity contribution in [1.82, 2.24) is 4.57 Å². The van der Waals surface area contributed by atoms with Crippen molar-refractivity contribution in [2.45, 2.75) is 0 Å². The molecule has 1 aromatic heterocycles. The van der Waals surface area contributed by atoms with Crippen LogP contribution in [0.1, 0.15) is 0 Å². The van der Waals surface area contributed by atoms with E-state index in [0.717, 1.165) is 0 Å². The van der Waals surface area contributed by atoms with E-state index in [9.17, 15) is 0 Å². The summed E-state index contributed by atoms with van der Waals surface area (Å²) in [6.07, 6.45) is 0. The van der Waals surface area contributed by atoms with Crippen LogP contribution in [0.4, 0.5) is 0 Å². The predicted octanol–water partition coefficient (Wildman–Crippen LogP) is 11.6. The van der Waals surface area contributed by atoms with Gasteiger partial charge in [-0.25, -0.2) is 0 Å². The topological polar surface area (TPSA) is 4.93 Å². The standard InChI is InChI=1S/C42H25N/c1-3-10-29-24-40-38(22-27(29)8-1)39-23-28-9-2-4-11-30(28)25-41(39)43(40)31-18-16-26(17-19-31)32-20-21-37-34-13-6-5-12-33(34)36-15-7-14-35(32)42(36)37/h1-25H. The fourth-order valence-corrected chi connectivity index (χ4v) is 7.52. The zero-order chi connectivity index (χ0) is 28.1. The minimum atomic E-state index is 1.17. The molecule has 0 spiro atoms. The van der Waals surface area contributed by atoms with Gasteiger partial charge in [0.05, 0.1) is 11.0 Å². The van der Waals surface area contributed by atoms with Crippen LogP contribution in [0.3, 0.4) is 0 Å². The third-order valence-electron chi connectivity index (χ3n) is 9.48. The lowest BCUT2D eigenvalue weighted by atomic mass is 9.94. The first-order chi connectivity index (χ1) is 21.3. The Morgan fingerprint density at radius 3 is 1.42 bits per heavy atom. The van der Waals surface area contributed by atoms with Crippen molar-refractivity contribution in [3.63, 3.8) is 0 Å². The molecule has 9 aromatic rings. The van der Waals surface area contributed by atoms with Crippen LogP contribution >= 0.6 is 0 Å². The summed E-state index contributed by atoms with van der Waals surface area (Å²) in [5, 5.41) is 10.3. The second-order valence-corrected chi connectivity index (χ2v) is 11.7. The number of nitrogens with zero attached hydrogens (tertiary/aromatic N) is 1. The SMILES string of the molecule is c1ccc2c(c1)-c1cccc3c(-c4ccc(-n5c6cc7ccccc7cc6c6cc7ccccc7cc65)cc4)ccc-2c13. The second kappa shape index (κ2) is 8.44. The smallest absolute Gasteiger partial charge is 0.0547 e. The maximum Gasteiger partial charge on any atom is 0.0547 e. The molecule has 1 aliphatic carbocycles. The van der Waals surface area contributed by atoms with Crippen LogP contribution in [0.15, 0.2) is 152 Å². The van der Waals surface area contributed by atoms with Crippen molar-refractivity contribution in [3.05, 3.63) is 152 Å². The summed E-state index contributed by atoms with van der Waals surface area (Å²) in [5.74, 6) is 0. The second-order valence-electron chi connectivity index (χ2n) is 11.7. The average molecular weight is 544 g/mol. The van der Waals surface area contributed by atoms with Crippen LogP contribution in [-0.2, 0) is 0 Å². The highest BCUT2D eigenvalue weighted by Gasteiger charge is 2.22. The number of aromatic nitrogens is 1. The molecule has 8 aromatic carbocycles. The molecule has 0 radical (unpaired) electrons. The molecular formula is C42H25N. The number of hydrogen-bond acceptors (Lipinski definition) is 0. The highest BCUT2D eigenvalue weighted by Crippen LogP contribution is 2.49. The fraction of sp³-hybridized carbons (Fsp3) is 0. The molecule has 1 aliphatic rings. The number of hydrogen-bond donors (Lipinski definition) is 0.